The Labute approximate surface area is 102 Å². The summed E-state index contributed by atoms with van der Waals surface area (Å²) >= 11 is 0. The summed E-state index contributed by atoms with van der Waals surface area (Å²) in [6.07, 6.45) is 3.23. The standard InChI is InChI=1S/C13H19N3O/c1-12(2)8-4-5-13(12,3)10(6-8)16-9(7-14)11(15)17/h8-9H,4-6H2,1-3H3,(H2,15,17)/t8-,9-,13+/m1/s1. The molecular weight excluding hydrogens is 214 g/mol. The Bertz CT molecular complexity index is 432. The Balaban J connectivity index is 2.35. The van der Waals surface area contributed by atoms with E-state index in [1.165, 1.54) is 6.42 Å². The van der Waals surface area contributed by atoms with Gasteiger partial charge in [0.05, 0.1) is 6.07 Å². The topological polar surface area (TPSA) is 79.2 Å². The molecule has 0 radical (unpaired) electrons. The molecule has 2 aliphatic rings. The fourth-order valence-electron chi connectivity index (χ4n) is 3.44. The molecule has 2 fully saturated rings. The second-order valence-electron chi connectivity index (χ2n) is 6.00. The first-order valence-corrected chi connectivity index (χ1v) is 6.09. The van der Waals surface area contributed by atoms with Crippen molar-refractivity contribution < 1.29 is 4.79 Å². The number of aliphatic imine (C=N–C) groups is 1. The smallest absolute Gasteiger partial charge is 0.256 e. The van der Waals surface area contributed by atoms with Gasteiger partial charge in [0.15, 0.2) is 0 Å². The highest BCUT2D eigenvalue weighted by atomic mass is 16.1. The van der Waals surface area contributed by atoms with Gasteiger partial charge in [0.1, 0.15) is 0 Å². The first-order chi connectivity index (χ1) is 7.83. The van der Waals surface area contributed by atoms with Crippen LogP contribution in [-0.2, 0) is 4.79 Å². The van der Waals surface area contributed by atoms with E-state index in [0.29, 0.717) is 5.92 Å². The molecular formula is C13H19N3O. The molecule has 0 heterocycles. The van der Waals surface area contributed by atoms with Crippen LogP contribution in [0.5, 0.6) is 0 Å². The molecule has 0 aromatic heterocycles. The van der Waals surface area contributed by atoms with Crippen molar-refractivity contribution in [1.82, 2.24) is 0 Å². The maximum Gasteiger partial charge on any atom is 0.256 e. The summed E-state index contributed by atoms with van der Waals surface area (Å²) in [5, 5.41) is 8.88. The van der Waals surface area contributed by atoms with Crippen molar-refractivity contribution in [1.29, 1.82) is 5.26 Å². The van der Waals surface area contributed by atoms with Crippen molar-refractivity contribution in [2.24, 2.45) is 27.5 Å². The second-order valence-corrected chi connectivity index (χ2v) is 6.00. The van der Waals surface area contributed by atoms with E-state index >= 15 is 0 Å². The predicted molar refractivity (Wildman–Crippen MR) is 65.3 cm³/mol. The normalized spacial score (nSPS) is 38.0. The largest absolute Gasteiger partial charge is 0.367 e. The first-order valence-electron chi connectivity index (χ1n) is 6.09. The van der Waals surface area contributed by atoms with Crippen LogP contribution in [0.4, 0.5) is 0 Å². The van der Waals surface area contributed by atoms with Gasteiger partial charge in [0.2, 0.25) is 6.04 Å². The van der Waals surface area contributed by atoms with E-state index in [4.69, 9.17) is 11.0 Å². The Morgan fingerprint density at radius 1 is 1.59 bits per heavy atom. The van der Waals surface area contributed by atoms with E-state index in [1.807, 2.05) is 6.07 Å². The maximum atomic E-state index is 11.1. The third-order valence-corrected chi connectivity index (χ3v) is 5.19. The van der Waals surface area contributed by atoms with E-state index in [1.54, 1.807) is 0 Å². The van der Waals surface area contributed by atoms with Crippen LogP contribution in [0.15, 0.2) is 4.99 Å². The molecule has 0 aromatic rings. The highest BCUT2D eigenvalue weighted by Crippen LogP contribution is 2.64. The van der Waals surface area contributed by atoms with Crippen molar-refractivity contribution in [3.63, 3.8) is 0 Å². The molecule has 92 valence electrons. The molecule has 2 N–H and O–H groups in total. The van der Waals surface area contributed by atoms with Crippen LogP contribution in [0.2, 0.25) is 0 Å². The molecule has 0 spiro atoms. The van der Waals surface area contributed by atoms with Gasteiger partial charge in [-0.1, -0.05) is 20.8 Å². The Morgan fingerprint density at radius 3 is 2.59 bits per heavy atom. The van der Waals surface area contributed by atoms with Gasteiger partial charge in [-0.05, 0) is 30.6 Å². The highest BCUT2D eigenvalue weighted by molar-refractivity contribution is 5.97. The van der Waals surface area contributed by atoms with Gasteiger partial charge in [-0.2, -0.15) is 5.26 Å². The summed E-state index contributed by atoms with van der Waals surface area (Å²) in [6, 6.07) is 0.854. The molecule has 2 aliphatic carbocycles. The number of carbonyl (C=O) groups is 1. The zero-order valence-electron chi connectivity index (χ0n) is 10.7. The summed E-state index contributed by atoms with van der Waals surface area (Å²) in [7, 11) is 0. The zero-order valence-corrected chi connectivity index (χ0v) is 10.7. The van der Waals surface area contributed by atoms with Gasteiger partial charge in [-0.15, -0.1) is 0 Å². The number of hydrogen-bond acceptors (Lipinski definition) is 3. The lowest BCUT2D eigenvalue weighted by Gasteiger charge is -2.34. The van der Waals surface area contributed by atoms with Crippen LogP contribution in [0.25, 0.3) is 0 Å². The van der Waals surface area contributed by atoms with E-state index < -0.39 is 11.9 Å². The minimum absolute atomic E-state index is 0.0300. The van der Waals surface area contributed by atoms with E-state index in [9.17, 15) is 4.79 Å². The minimum Gasteiger partial charge on any atom is -0.367 e. The number of nitriles is 1. The molecule has 4 heteroatoms. The molecule has 4 nitrogen and oxygen atoms in total. The third kappa shape index (κ3) is 1.49. The van der Waals surface area contributed by atoms with Crippen molar-refractivity contribution in [2.75, 3.05) is 0 Å². The monoisotopic (exact) mass is 233 g/mol. The SMILES string of the molecule is CC1(C)[C@@H]2CC[C@@]1(C)C(=N[C@H](C#N)C(N)=O)C2. The van der Waals surface area contributed by atoms with Crippen molar-refractivity contribution in [3.8, 4) is 6.07 Å². The number of nitrogens with zero attached hydrogens (tertiary/aromatic N) is 2. The van der Waals surface area contributed by atoms with E-state index in [-0.39, 0.29) is 10.8 Å². The lowest BCUT2D eigenvalue weighted by Crippen LogP contribution is -2.35. The second kappa shape index (κ2) is 3.56. The average Bonchev–Trinajstić information content (AvgIpc) is 2.57. The number of amides is 1. The third-order valence-electron chi connectivity index (χ3n) is 5.19. The summed E-state index contributed by atoms with van der Waals surface area (Å²) < 4.78 is 0. The molecule has 2 rings (SSSR count). The maximum absolute atomic E-state index is 11.1. The van der Waals surface area contributed by atoms with Crippen LogP contribution >= 0.6 is 0 Å². The van der Waals surface area contributed by atoms with Crippen LogP contribution < -0.4 is 5.73 Å². The number of carbonyl (C=O) groups excluding carboxylic acids is 1. The summed E-state index contributed by atoms with van der Waals surface area (Å²) in [6.45, 7) is 6.73. The Hall–Kier alpha value is -1.37. The predicted octanol–water partition coefficient (Wildman–Crippen LogP) is 1.65. The number of nitrogens with two attached hydrogens (primary N) is 1. The summed E-state index contributed by atoms with van der Waals surface area (Å²) in [5.41, 5.74) is 6.43. The molecule has 2 bridgehead atoms. The molecule has 0 saturated heterocycles. The molecule has 1 amide bonds. The lowest BCUT2D eigenvalue weighted by molar-refractivity contribution is -0.118. The van der Waals surface area contributed by atoms with Crippen molar-refractivity contribution in [2.45, 2.75) is 46.1 Å². The minimum atomic E-state index is -1.02. The molecule has 0 aliphatic heterocycles. The number of hydrogen-bond donors (Lipinski definition) is 1. The Kier molecular flexibility index (Phi) is 2.53. The van der Waals surface area contributed by atoms with Gasteiger partial charge in [-0.3, -0.25) is 9.79 Å². The number of primary amides is 1. The summed E-state index contributed by atoms with van der Waals surface area (Å²) in [5.74, 6) is -0.0253. The highest BCUT2D eigenvalue weighted by Gasteiger charge is 2.59. The summed E-state index contributed by atoms with van der Waals surface area (Å²) in [4.78, 5) is 15.4. The van der Waals surface area contributed by atoms with E-state index in [2.05, 4.69) is 25.8 Å². The number of fused-ring (bicyclic) bond motifs is 2. The van der Waals surface area contributed by atoms with Crippen LogP contribution in [-0.4, -0.2) is 17.7 Å². The van der Waals surface area contributed by atoms with Crippen molar-refractivity contribution >= 4 is 11.6 Å². The molecule has 17 heavy (non-hydrogen) atoms. The van der Waals surface area contributed by atoms with Gasteiger partial charge in [0, 0.05) is 11.1 Å². The first kappa shape index (κ1) is 12.1. The Morgan fingerprint density at radius 2 is 2.24 bits per heavy atom. The van der Waals surface area contributed by atoms with Crippen LogP contribution in [0, 0.1) is 28.1 Å². The zero-order chi connectivity index (χ0) is 12.8. The van der Waals surface area contributed by atoms with E-state index in [0.717, 1.165) is 18.6 Å². The molecule has 3 atom stereocenters. The van der Waals surface area contributed by atoms with Crippen LogP contribution in [0.1, 0.15) is 40.0 Å². The fraction of sp³-hybridized carbons (Fsp3) is 0.769. The van der Waals surface area contributed by atoms with Gasteiger partial charge >= 0.3 is 0 Å². The number of rotatable bonds is 2. The van der Waals surface area contributed by atoms with Gasteiger partial charge in [0.25, 0.3) is 5.91 Å². The van der Waals surface area contributed by atoms with Crippen LogP contribution in [0.3, 0.4) is 0 Å². The molecule has 0 aromatic carbocycles. The van der Waals surface area contributed by atoms with Crippen molar-refractivity contribution in [3.05, 3.63) is 0 Å². The van der Waals surface area contributed by atoms with Gasteiger partial charge < -0.3 is 5.73 Å². The lowest BCUT2D eigenvalue weighted by atomic mass is 9.70. The average molecular weight is 233 g/mol. The fourth-order valence-corrected chi connectivity index (χ4v) is 3.44. The van der Waals surface area contributed by atoms with Gasteiger partial charge in [-0.25, -0.2) is 0 Å². The quantitative estimate of drug-likeness (QED) is 0.787. The molecule has 0 unspecified atom stereocenters. The molecule has 2 saturated carbocycles.